The SMILES string of the molecule is Cc1cccc2nc(C)n(C3N=C(c4ccccc4)c4cc([N+](=O)[O-])cc5c4N(CC5)C3=O)c(=O)c12. The van der Waals surface area contributed by atoms with Gasteiger partial charge in [0, 0.05) is 29.8 Å². The second kappa shape index (κ2) is 7.94. The van der Waals surface area contributed by atoms with E-state index in [4.69, 9.17) is 4.99 Å². The Morgan fingerprint density at radius 3 is 2.56 bits per heavy atom. The first-order valence-corrected chi connectivity index (χ1v) is 11.6. The standard InChI is InChI=1S/C27H21N5O4/c1-15-7-6-10-21-22(15)26(33)31(16(2)28-21)25-27(34)30-12-11-18-13-19(32(35)36)14-20(24(18)30)23(29-25)17-8-4-3-5-9-17/h3-10,13-14,25H,11-12H2,1-2H3. The quantitative estimate of drug-likeness (QED) is 0.327. The molecule has 3 aromatic carbocycles. The summed E-state index contributed by atoms with van der Waals surface area (Å²) < 4.78 is 1.35. The molecule has 0 radical (unpaired) electrons. The lowest BCUT2D eigenvalue weighted by atomic mass is 9.97. The van der Waals surface area contributed by atoms with E-state index in [2.05, 4.69) is 4.98 Å². The van der Waals surface area contributed by atoms with E-state index >= 15 is 0 Å². The zero-order chi connectivity index (χ0) is 25.1. The molecule has 1 aromatic heterocycles. The number of carbonyl (C=O) groups is 1. The van der Waals surface area contributed by atoms with Gasteiger partial charge >= 0.3 is 0 Å². The molecule has 0 saturated carbocycles. The van der Waals surface area contributed by atoms with Crippen LogP contribution in [0.25, 0.3) is 10.9 Å². The molecule has 0 saturated heterocycles. The number of non-ortho nitro benzene ring substituents is 1. The average Bonchev–Trinajstić information content (AvgIpc) is 3.25. The number of aryl methyl sites for hydroxylation is 2. The number of anilines is 1. The zero-order valence-corrected chi connectivity index (χ0v) is 19.6. The van der Waals surface area contributed by atoms with E-state index in [-0.39, 0.29) is 17.2 Å². The van der Waals surface area contributed by atoms with Gasteiger partial charge in [0.05, 0.1) is 27.2 Å². The van der Waals surface area contributed by atoms with Gasteiger partial charge in [-0.1, -0.05) is 42.5 Å². The Balaban J connectivity index is 1.68. The number of hydrogen-bond donors (Lipinski definition) is 0. The average molecular weight is 479 g/mol. The van der Waals surface area contributed by atoms with Crippen molar-refractivity contribution in [3.63, 3.8) is 0 Å². The van der Waals surface area contributed by atoms with Crippen LogP contribution in [0.1, 0.15) is 34.2 Å². The number of amides is 1. The van der Waals surface area contributed by atoms with Crippen LogP contribution >= 0.6 is 0 Å². The third-order valence-electron chi connectivity index (χ3n) is 6.86. The third kappa shape index (κ3) is 3.16. The monoisotopic (exact) mass is 479 g/mol. The summed E-state index contributed by atoms with van der Waals surface area (Å²) in [4.78, 5) is 50.1. The van der Waals surface area contributed by atoms with Gasteiger partial charge in [0.1, 0.15) is 5.82 Å². The fourth-order valence-electron chi connectivity index (χ4n) is 5.23. The van der Waals surface area contributed by atoms with Gasteiger partial charge in [-0.15, -0.1) is 0 Å². The summed E-state index contributed by atoms with van der Waals surface area (Å²) in [7, 11) is 0. The molecule has 6 rings (SSSR count). The van der Waals surface area contributed by atoms with Crippen LogP contribution in [0.5, 0.6) is 0 Å². The van der Waals surface area contributed by atoms with Gasteiger partial charge in [-0.3, -0.25) is 24.3 Å². The summed E-state index contributed by atoms with van der Waals surface area (Å²) >= 11 is 0. The van der Waals surface area contributed by atoms with Gasteiger partial charge < -0.3 is 4.90 Å². The first-order chi connectivity index (χ1) is 17.3. The van der Waals surface area contributed by atoms with E-state index in [0.29, 0.717) is 57.8 Å². The highest BCUT2D eigenvalue weighted by Crippen LogP contribution is 2.40. The van der Waals surface area contributed by atoms with Crippen molar-refractivity contribution < 1.29 is 9.72 Å². The molecule has 178 valence electrons. The molecule has 1 amide bonds. The van der Waals surface area contributed by atoms with Gasteiger partial charge in [0.25, 0.3) is 17.2 Å². The molecular weight excluding hydrogens is 458 g/mol. The Kier molecular flexibility index (Phi) is 4.82. The van der Waals surface area contributed by atoms with Crippen molar-refractivity contribution in [1.82, 2.24) is 9.55 Å². The summed E-state index contributed by atoms with van der Waals surface area (Å²) in [6.07, 6.45) is -0.727. The number of carbonyl (C=O) groups excluding carboxylic acids is 1. The fourth-order valence-corrected chi connectivity index (χ4v) is 5.23. The highest BCUT2D eigenvalue weighted by Gasteiger charge is 2.39. The lowest BCUT2D eigenvalue weighted by molar-refractivity contribution is -0.384. The Labute approximate surface area is 205 Å². The van der Waals surface area contributed by atoms with E-state index in [9.17, 15) is 19.7 Å². The van der Waals surface area contributed by atoms with Crippen LogP contribution in [0.3, 0.4) is 0 Å². The maximum atomic E-state index is 14.0. The molecule has 2 aliphatic heterocycles. The molecular formula is C27H21N5O4. The number of fused-ring (bicyclic) bond motifs is 1. The highest BCUT2D eigenvalue weighted by atomic mass is 16.6. The molecule has 4 aromatic rings. The van der Waals surface area contributed by atoms with E-state index in [1.54, 1.807) is 17.9 Å². The number of hydrogen-bond acceptors (Lipinski definition) is 6. The van der Waals surface area contributed by atoms with Gasteiger partial charge in [0.15, 0.2) is 0 Å². The van der Waals surface area contributed by atoms with Crippen molar-refractivity contribution in [1.29, 1.82) is 0 Å². The minimum Gasteiger partial charge on any atom is -0.308 e. The molecule has 2 aliphatic rings. The number of aliphatic imine (C=N–C) groups is 1. The number of benzene rings is 3. The molecule has 1 unspecified atom stereocenters. The third-order valence-corrected chi connectivity index (χ3v) is 6.86. The summed E-state index contributed by atoms with van der Waals surface area (Å²) in [5.74, 6) is -0.00122. The summed E-state index contributed by atoms with van der Waals surface area (Å²) in [5, 5.41) is 12.2. The number of nitro groups is 1. The Bertz CT molecular complexity index is 1690. The van der Waals surface area contributed by atoms with Crippen molar-refractivity contribution in [3.05, 3.63) is 109 Å². The first kappa shape index (κ1) is 21.8. The summed E-state index contributed by atoms with van der Waals surface area (Å²) in [6, 6.07) is 17.7. The van der Waals surface area contributed by atoms with E-state index < -0.39 is 11.1 Å². The van der Waals surface area contributed by atoms with Crippen LogP contribution in [0.4, 0.5) is 11.4 Å². The minimum absolute atomic E-state index is 0.0588. The fraction of sp³-hybridized carbons (Fsp3) is 0.185. The van der Waals surface area contributed by atoms with Crippen LogP contribution in [-0.4, -0.2) is 32.6 Å². The predicted octanol–water partition coefficient (Wildman–Crippen LogP) is 3.86. The molecule has 0 spiro atoms. The van der Waals surface area contributed by atoms with Crippen LogP contribution in [-0.2, 0) is 11.2 Å². The topological polar surface area (TPSA) is 111 Å². The maximum absolute atomic E-state index is 14.0. The van der Waals surface area contributed by atoms with Crippen molar-refractivity contribution in [2.45, 2.75) is 26.4 Å². The van der Waals surface area contributed by atoms with Crippen molar-refractivity contribution in [2.24, 2.45) is 4.99 Å². The van der Waals surface area contributed by atoms with Gasteiger partial charge in [-0.25, -0.2) is 9.98 Å². The number of nitro benzene ring substituents is 1. The minimum atomic E-state index is -1.21. The lowest BCUT2D eigenvalue weighted by Crippen LogP contribution is -2.39. The molecule has 36 heavy (non-hydrogen) atoms. The predicted molar refractivity (Wildman–Crippen MR) is 136 cm³/mol. The largest absolute Gasteiger partial charge is 0.308 e. The smallest absolute Gasteiger partial charge is 0.272 e. The van der Waals surface area contributed by atoms with Crippen LogP contribution < -0.4 is 10.5 Å². The second-order valence-corrected chi connectivity index (χ2v) is 9.02. The van der Waals surface area contributed by atoms with Gasteiger partial charge in [-0.05, 0) is 37.5 Å². The molecule has 0 bridgehead atoms. The van der Waals surface area contributed by atoms with Crippen LogP contribution in [0.15, 0.2) is 70.5 Å². The van der Waals surface area contributed by atoms with Crippen molar-refractivity contribution in [2.75, 3.05) is 11.4 Å². The van der Waals surface area contributed by atoms with Gasteiger partial charge in [0.2, 0.25) is 6.17 Å². The Hall–Kier alpha value is -4.66. The molecule has 0 N–H and O–H groups in total. The molecule has 9 nitrogen and oxygen atoms in total. The Morgan fingerprint density at radius 1 is 1.03 bits per heavy atom. The number of nitrogens with zero attached hydrogens (tertiary/aromatic N) is 5. The normalized spacial score (nSPS) is 16.6. The molecule has 0 fully saturated rings. The Morgan fingerprint density at radius 2 is 1.81 bits per heavy atom. The van der Waals surface area contributed by atoms with Crippen molar-refractivity contribution in [3.8, 4) is 0 Å². The maximum Gasteiger partial charge on any atom is 0.272 e. The number of aromatic nitrogens is 2. The molecule has 9 heteroatoms. The van der Waals surface area contributed by atoms with Crippen molar-refractivity contribution >= 4 is 33.9 Å². The van der Waals surface area contributed by atoms with E-state index in [0.717, 1.165) is 5.56 Å². The second-order valence-electron chi connectivity index (χ2n) is 9.02. The number of rotatable bonds is 3. The molecule has 1 atom stereocenters. The zero-order valence-electron chi connectivity index (χ0n) is 19.6. The lowest BCUT2D eigenvalue weighted by Gasteiger charge is -2.23. The van der Waals surface area contributed by atoms with Gasteiger partial charge in [-0.2, -0.15) is 0 Å². The highest BCUT2D eigenvalue weighted by molar-refractivity contribution is 6.21. The molecule has 0 aliphatic carbocycles. The van der Waals surface area contributed by atoms with E-state index in [1.807, 2.05) is 49.4 Å². The van der Waals surface area contributed by atoms with Crippen LogP contribution in [0.2, 0.25) is 0 Å². The van der Waals surface area contributed by atoms with E-state index in [1.165, 1.54) is 16.7 Å². The van der Waals surface area contributed by atoms with Crippen LogP contribution in [0, 0.1) is 24.0 Å². The summed E-state index contributed by atoms with van der Waals surface area (Å²) in [6.45, 7) is 3.87. The molecule has 3 heterocycles. The first-order valence-electron chi connectivity index (χ1n) is 11.6. The summed E-state index contributed by atoms with van der Waals surface area (Å²) in [5.41, 5.74) is 3.88.